The number of hydrogen-bond acceptors (Lipinski definition) is 5. The number of nitrogens with zero attached hydrogens (tertiary/aromatic N) is 1. The Morgan fingerprint density at radius 3 is 2.73 bits per heavy atom. The van der Waals surface area contributed by atoms with E-state index in [-0.39, 0.29) is 23.8 Å². The van der Waals surface area contributed by atoms with Gasteiger partial charge in [0.05, 0.1) is 12.7 Å². The third-order valence-electron chi connectivity index (χ3n) is 3.85. The third kappa shape index (κ3) is 4.09. The second kappa shape index (κ2) is 8.11. The van der Waals surface area contributed by atoms with Crippen molar-refractivity contribution in [2.24, 2.45) is 4.99 Å². The van der Waals surface area contributed by atoms with Gasteiger partial charge >= 0.3 is 5.97 Å². The van der Waals surface area contributed by atoms with Gasteiger partial charge in [-0.2, -0.15) is 0 Å². The molecule has 0 aliphatic carbocycles. The number of carbonyl (C=O) groups is 1. The van der Waals surface area contributed by atoms with Gasteiger partial charge in [-0.1, -0.05) is 42.5 Å². The number of rotatable bonds is 4. The Morgan fingerprint density at radius 2 is 2.04 bits per heavy atom. The van der Waals surface area contributed by atoms with E-state index in [1.54, 1.807) is 12.1 Å². The maximum atomic E-state index is 14.4. The summed E-state index contributed by atoms with van der Waals surface area (Å²) in [4.78, 5) is 16.8. The molecule has 134 valence electrons. The summed E-state index contributed by atoms with van der Waals surface area (Å²) in [6, 6.07) is 13.4. The number of benzene rings is 2. The van der Waals surface area contributed by atoms with Gasteiger partial charge in [-0.15, -0.1) is 9.24 Å². The Kier molecular flexibility index (Phi) is 5.64. The van der Waals surface area contributed by atoms with Crippen molar-refractivity contribution in [3.05, 3.63) is 77.2 Å². The number of nitrogens with one attached hydrogen (secondary N) is 1. The zero-order valence-corrected chi connectivity index (χ0v) is 15.3. The predicted molar refractivity (Wildman–Crippen MR) is 100 cm³/mol. The summed E-state index contributed by atoms with van der Waals surface area (Å²) in [5, 5.41) is 3.47. The quantitative estimate of drug-likeness (QED) is 0.662. The van der Waals surface area contributed by atoms with Crippen molar-refractivity contribution < 1.29 is 18.7 Å². The van der Waals surface area contributed by atoms with Crippen molar-refractivity contribution in [1.82, 2.24) is 5.32 Å². The largest absolute Gasteiger partial charge is 0.468 e. The highest BCUT2D eigenvalue weighted by molar-refractivity contribution is 7.27. The second-order valence-corrected chi connectivity index (χ2v) is 6.29. The molecule has 0 spiro atoms. The maximum absolute atomic E-state index is 14.4. The lowest BCUT2D eigenvalue weighted by Gasteiger charge is -2.22. The summed E-state index contributed by atoms with van der Waals surface area (Å²) in [5.41, 5.74) is 1.34. The maximum Gasteiger partial charge on any atom is 0.338 e. The molecular formula is C19H18FN2O3P. The molecule has 3 rings (SSSR count). The fourth-order valence-electron chi connectivity index (χ4n) is 2.53. The Labute approximate surface area is 153 Å². The minimum absolute atomic E-state index is 0.123. The molecule has 0 radical (unpaired) electrons. The highest BCUT2D eigenvalue weighted by Crippen LogP contribution is 2.30. The monoisotopic (exact) mass is 372 g/mol. The molecule has 0 bridgehead atoms. The number of carbonyl (C=O) groups excluding carboxylic acids is 1. The van der Waals surface area contributed by atoms with Crippen LogP contribution in [0.2, 0.25) is 0 Å². The van der Waals surface area contributed by atoms with E-state index in [1.165, 1.54) is 19.4 Å². The van der Waals surface area contributed by atoms with Gasteiger partial charge in [0.2, 0.25) is 0 Å². The van der Waals surface area contributed by atoms with Crippen LogP contribution in [0.25, 0.3) is 0 Å². The highest BCUT2D eigenvalue weighted by Gasteiger charge is 2.29. The predicted octanol–water partition coefficient (Wildman–Crippen LogP) is 2.60. The lowest BCUT2D eigenvalue weighted by Crippen LogP contribution is -2.29. The first kappa shape index (κ1) is 18.1. The van der Waals surface area contributed by atoms with Gasteiger partial charge in [0.15, 0.2) is 0 Å². The fraction of sp³-hybridized carbons (Fsp3) is 0.158. The molecule has 2 aromatic rings. The van der Waals surface area contributed by atoms with Gasteiger partial charge in [-0.3, -0.25) is 0 Å². The lowest BCUT2D eigenvalue weighted by molar-refractivity contribution is -0.140. The van der Waals surface area contributed by atoms with E-state index >= 15 is 0 Å². The molecule has 5 nitrogen and oxygen atoms in total. The molecule has 0 saturated carbocycles. The number of halogens is 1. The minimum Gasteiger partial charge on any atom is -0.468 e. The van der Waals surface area contributed by atoms with Crippen molar-refractivity contribution in [3.8, 4) is 0 Å². The zero-order chi connectivity index (χ0) is 18.5. The van der Waals surface area contributed by atoms with Crippen LogP contribution in [0, 0.1) is 5.82 Å². The average Bonchev–Trinajstić information content (AvgIpc) is 2.66. The smallest absolute Gasteiger partial charge is 0.338 e. The average molecular weight is 372 g/mol. The van der Waals surface area contributed by atoms with Crippen LogP contribution in [0.15, 0.2) is 65.3 Å². The van der Waals surface area contributed by atoms with Gasteiger partial charge in [0.1, 0.15) is 18.5 Å². The Bertz CT molecular complexity index is 868. The van der Waals surface area contributed by atoms with Crippen LogP contribution in [0.3, 0.4) is 0 Å². The first-order chi connectivity index (χ1) is 12.6. The van der Waals surface area contributed by atoms with Crippen LogP contribution >= 0.6 is 9.24 Å². The van der Waals surface area contributed by atoms with Crippen LogP contribution in [-0.4, -0.2) is 19.1 Å². The van der Waals surface area contributed by atoms with E-state index in [0.717, 1.165) is 5.56 Å². The van der Waals surface area contributed by atoms with E-state index in [0.29, 0.717) is 5.30 Å². The molecule has 1 aliphatic rings. The summed E-state index contributed by atoms with van der Waals surface area (Å²) >= 11 is 0. The lowest BCUT2D eigenvalue weighted by atomic mass is 9.98. The van der Waals surface area contributed by atoms with Crippen molar-refractivity contribution in [3.63, 3.8) is 0 Å². The van der Waals surface area contributed by atoms with Gasteiger partial charge in [-0.05, 0) is 16.9 Å². The van der Waals surface area contributed by atoms with Crippen LogP contribution in [-0.2, 0) is 20.9 Å². The number of aliphatic imine (C=N–C) groups is 1. The highest BCUT2D eigenvalue weighted by atomic mass is 31.0. The number of hydrogen-bond donors (Lipinski definition) is 1. The summed E-state index contributed by atoms with van der Waals surface area (Å²) in [6.07, 6.45) is 1.44. The van der Waals surface area contributed by atoms with Crippen molar-refractivity contribution in [1.29, 1.82) is 0 Å². The Hall–Kier alpha value is -2.72. The molecule has 2 aromatic carbocycles. The number of ether oxygens (including phenoxy) is 2. The van der Waals surface area contributed by atoms with Crippen LogP contribution in [0.1, 0.15) is 17.2 Å². The van der Waals surface area contributed by atoms with Crippen LogP contribution in [0.4, 0.5) is 4.39 Å². The number of methoxy groups -OCH3 is 1. The first-order valence-corrected chi connectivity index (χ1v) is 8.50. The van der Waals surface area contributed by atoms with Crippen molar-refractivity contribution >= 4 is 26.5 Å². The zero-order valence-electron chi connectivity index (χ0n) is 14.1. The van der Waals surface area contributed by atoms with Crippen LogP contribution in [0.5, 0.6) is 0 Å². The molecule has 0 saturated heterocycles. The fourth-order valence-corrected chi connectivity index (χ4v) is 2.78. The normalized spacial score (nSPS) is 16.2. The molecule has 1 aliphatic heterocycles. The van der Waals surface area contributed by atoms with E-state index in [4.69, 9.17) is 9.47 Å². The van der Waals surface area contributed by atoms with Gasteiger partial charge in [-0.25, -0.2) is 14.2 Å². The summed E-state index contributed by atoms with van der Waals surface area (Å²) in [6.45, 7) is 0.123. The van der Waals surface area contributed by atoms with Crippen LogP contribution < -0.4 is 10.6 Å². The molecule has 0 aromatic heterocycles. The standard InChI is InChI=1S/C19H18FN2O3P/c1-24-19-21-10-15(18(23)25-11-12-5-3-2-4-6-12)17(22-19)14-8-7-13(26)9-16(14)20/h2-10,17H,11,26H2,1H3,(H,21,22). The Morgan fingerprint density at radius 1 is 1.27 bits per heavy atom. The summed E-state index contributed by atoms with van der Waals surface area (Å²) in [7, 11) is 3.87. The molecule has 1 heterocycles. The molecule has 0 amide bonds. The van der Waals surface area contributed by atoms with Gasteiger partial charge in [0.25, 0.3) is 6.02 Å². The molecule has 1 N–H and O–H groups in total. The summed E-state index contributed by atoms with van der Waals surface area (Å²) < 4.78 is 24.9. The summed E-state index contributed by atoms with van der Waals surface area (Å²) in [5.74, 6) is -1.02. The second-order valence-electron chi connectivity index (χ2n) is 5.63. The van der Waals surface area contributed by atoms with Gasteiger partial charge < -0.3 is 14.8 Å². The van der Waals surface area contributed by atoms with E-state index < -0.39 is 17.8 Å². The molecule has 0 fully saturated rings. The van der Waals surface area contributed by atoms with Crippen molar-refractivity contribution in [2.75, 3.05) is 7.11 Å². The van der Waals surface area contributed by atoms with E-state index in [1.807, 2.05) is 30.3 Å². The van der Waals surface area contributed by atoms with E-state index in [2.05, 4.69) is 19.5 Å². The van der Waals surface area contributed by atoms with E-state index in [9.17, 15) is 9.18 Å². The van der Waals surface area contributed by atoms with Gasteiger partial charge in [0, 0.05) is 11.8 Å². The Balaban J connectivity index is 1.84. The SMILES string of the molecule is COC1=NC(c2ccc(P)cc2F)C(C(=O)OCc2ccccc2)=CN1. The topological polar surface area (TPSA) is 59.9 Å². The first-order valence-electron chi connectivity index (χ1n) is 7.93. The number of esters is 1. The molecule has 26 heavy (non-hydrogen) atoms. The van der Waals surface area contributed by atoms with Crippen molar-refractivity contribution in [2.45, 2.75) is 12.6 Å². The third-order valence-corrected chi connectivity index (χ3v) is 4.21. The molecule has 2 unspecified atom stereocenters. The minimum atomic E-state index is -0.847. The number of amidine groups is 1. The molecule has 7 heteroatoms. The molecule has 2 atom stereocenters. The molecular weight excluding hydrogens is 354 g/mol.